The number of H-pyrrole nitrogens is 1. The van der Waals surface area contributed by atoms with Crippen LogP contribution in [0.1, 0.15) is 27.9 Å². The van der Waals surface area contributed by atoms with Crippen LogP contribution in [0, 0.1) is 0 Å². The molecule has 0 aromatic carbocycles. The number of nitrogens with zero attached hydrogens (tertiary/aromatic N) is 1. The number of hydrogen-bond acceptors (Lipinski definition) is 4. The fraction of sp³-hybridized carbons (Fsp3) is 0.286. The molecule has 1 unspecified atom stereocenters. The summed E-state index contributed by atoms with van der Waals surface area (Å²) in [5, 5.41) is 2.54. The molecule has 0 spiro atoms. The van der Waals surface area contributed by atoms with Gasteiger partial charge in [-0.25, -0.2) is 4.98 Å². The van der Waals surface area contributed by atoms with Crippen LogP contribution in [-0.2, 0) is 12.8 Å². The molecule has 0 radical (unpaired) electrons. The largest absolute Gasteiger partial charge is 0.309 e. The van der Waals surface area contributed by atoms with Gasteiger partial charge in [-0.05, 0) is 36.8 Å². The number of aromatic nitrogens is 2. The van der Waals surface area contributed by atoms with Crippen molar-refractivity contribution in [1.29, 1.82) is 0 Å². The van der Waals surface area contributed by atoms with Crippen molar-refractivity contribution in [2.24, 2.45) is 0 Å². The SMILES string of the molecule is CC(Cl)c1nc2sc3c(c2c(=O)[nH]1)-c1ccsc1CC3. The lowest BCUT2D eigenvalue weighted by Crippen LogP contribution is -2.12. The van der Waals surface area contributed by atoms with Crippen molar-refractivity contribution >= 4 is 44.5 Å². The van der Waals surface area contributed by atoms with Crippen LogP contribution in [0.5, 0.6) is 0 Å². The second-order valence-corrected chi connectivity index (χ2v) is 7.64. The van der Waals surface area contributed by atoms with E-state index in [2.05, 4.69) is 21.4 Å². The van der Waals surface area contributed by atoms with Crippen LogP contribution in [0.3, 0.4) is 0 Å². The predicted molar refractivity (Wildman–Crippen MR) is 85.2 cm³/mol. The van der Waals surface area contributed by atoms with Crippen molar-refractivity contribution in [1.82, 2.24) is 9.97 Å². The highest BCUT2D eigenvalue weighted by Crippen LogP contribution is 2.43. The molecule has 0 saturated carbocycles. The topological polar surface area (TPSA) is 45.8 Å². The Morgan fingerprint density at radius 3 is 3.00 bits per heavy atom. The Labute approximate surface area is 128 Å². The van der Waals surface area contributed by atoms with Crippen molar-refractivity contribution in [2.45, 2.75) is 25.1 Å². The molecule has 0 aliphatic heterocycles. The van der Waals surface area contributed by atoms with E-state index in [1.807, 2.05) is 6.92 Å². The fourth-order valence-corrected chi connectivity index (χ4v) is 4.89. The zero-order valence-corrected chi connectivity index (χ0v) is 13.1. The Hall–Kier alpha value is -1.17. The number of rotatable bonds is 1. The summed E-state index contributed by atoms with van der Waals surface area (Å²) in [4.78, 5) is 23.2. The molecule has 1 N–H and O–H groups in total. The van der Waals surface area contributed by atoms with Gasteiger partial charge in [-0.2, -0.15) is 0 Å². The Morgan fingerprint density at radius 1 is 1.40 bits per heavy atom. The summed E-state index contributed by atoms with van der Waals surface area (Å²) in [7, 11) is 0. The highest BCUT2D eigenvalue weighted by atomic mass is 35.5. The summed E-state index contributed by atoms with van der Waals surface area (Å²) >= 11 is 9.43. The summed E-state index contributed by atoms with van der Waals surface area (Å²) < 4.78 is 0. The molecule has 1 atom stereocenters. The second-order valence-electron chi connectivity index (χ2n) is 4.91. The van der Waals surface area contributed by atoms with Gasteiger partial charge in [0.15, 0.2) is 0 Å². The zero-order valence-electron chi connectivity index (χ0n) is 10.7. The van der Waals surface area contributed by atoms with Crippen molar-refractivity contribution in [3.63, 3.8) is 0 Å². The Bertz CT molecular complexity index is 875. The van der Waals surface area contributed by atoms with Crippen LogP contribution in [0.2, 0.25) is 0 Å². The molecular weight excluding hydrogens is 312 g/mol. The van der Waals surface area contributed by atoms with Gasteiger partial charge in [0.05, 0.1) is 10.8 Å². The summed E-state index contributed by atoms with van der Waals surface area (Å²) in [6.45, 7) is 1.82. The van der Waals surface area contributed by atoms with Crippen LogP contribution in [0.25, 0.3) is 21.3 Å². The molecule has 3 heterocycles. The van der Waals surface area contributed by atoms with Gasteiger partial charge >= 0.3 is 0 Å². The maximum atomic E-state index is 12.4. The van der Waals surface area contributed by atoms with Crippen LogP contribution < -0.4 is 5.56 Å². The monoisotopic (exact) mass is 322 g/mol. The van der Waals surface area contributed by atoms with E-state index < -0.39 is 0 Å². The highest BCUT2D eigenvalue weighted by molar-refractivity contribution is 7.19. The summed E-state index contributed by atoms with van der Waals surface area (Å²) in [6, 6.07) is 2.11. The molecule has 0 fully saturated rings. The lowest BCUT2D eigenvalue weighted by atomic mass is 9.96. The molecule has 0 saturated heterocycles. The first-order valence-electron chi connectivity index (χ1n) is 6.41. The number of aryl methyl sites for hydroxylation is 2. The molecule has 3 aromatic rings. The van der Waals surface area contributed by atoms with Crippen molar-refractivity contribution in [3.05, 3.63) is 37.4 Å². The van der Waals surface area contributed by atoms with Crippen LogP contribution >= 0.6 is 34.3 Å². The van der Waals surface area contributed by atoms with E-state index in [0.29, 0.717) is 5.82 Å². The average molecular weight is 323 g/mol. The van der Waals surface area contributed by atoms with Gasteiger partial charge < -0.3 is 4.98 Å². The maximum Gasteiger partial charge on any atom is 0.260 e. The summed E-state index contributed by atoms with van der Waals surface area (Å²) in [5.41, 5.74) is 2.23. The van der Waals surface area contributed by atoms with Crippen molar-refractivity contribution in [2.75, 3.05) is 0 Å². The lowest BCUT2D eigenvalue weighted by molar-refractivity contribution is 0.917. The molecule has 1 aliphatic rings. The van der Waals surface area contributed by atoms with Crippen LogP contribution in [-0.4, -0.2) is 9.97 Å². The van der Waals surface area contributed by atoms with E-state index >= 15 is 0 Å². The molecule has 6 heteroatoms. The molecule has 0 amide bonds. The summed E-state index contributed by atoms with van der Waals surface area (Å²) in [5.74, 6) is 0.549. The molecule has 4 rings (SSSR count). The molecule has 102 valence electrons. The number of hydrogen-bond donors (Lipinski definition) is 1. The predicted octanol–water partition coefficient (Wildman–Crippen LogP) is 4.11. The van der Waals surface area contributed by atoms with E-state index in [0.717, 1.165) is 28.6 Å². The van der Waals surface area contributed by atoms with Crippen molar-refractivity contribution in [3.8, 4) is 11.1 Å². The smallest absolute Gasteiger partial charge is 0.260 e. The first-order valence-corrected chi connectivity index (χ1v) is 8.55. The number of nitrogens with one attached hydrogen (secondary N) is 1. The van der Waals surface area contributed by atoms with Gasteiger partial charge in [0.2, 0.25) is 0 Å². The molecule has 3 nitrogen and oxygen atoms in total. The van der Waals surface area contributed by atoms with E-state index in [9.17, 15) is 4.79 Å². The molecule has 3 aromatic heterocycles. The standard InChI is InChI=1S/C14H11ClN2OS2/c1-6(15)12-16-13(18)11-10-7-4-5-19-8(7)2-3-9(10)20-14(11)17-12/h4-6H,2-3H2,1H3,(H,16,17,18). The summed E-state index contributed by atoms with van der Waals surface area (Å²) in [6.07, 6.45) is 2.05. The lowest BCUT2D eigenvalue weighted by Gasteiger charge is -2.11. The van der Waals surface area contributed by atoms with E-state index in [1.165, 1.54) is 15.3 Å². The normalized spacial score (nSPS) is 15.1. The minimum absolute atomic E-state index is 0.0750. The van der Waals surface area contributed by atoms with Crippen LogP contribution in [0.15, 0.2) is 16.2 Å². The average Bonchev–Trinajstić information content (AvgIpc) is 3.00. The Kier molecular flexibility index (Phi) is 2.77. The minimum atomic E-state index is -0.289. The van der Waals surface area contributed by atoms with E-state index in [4.69, 9.17) is 11.6 Å². The van der Waals surface area contributed by atoms with E-state index in [1.54, 1.807) is 22.7 Å². The highest BCUT2D eigenvalue weighted by Gasteiger charge is 2.25. The van der Waals surface area contributed by atoms with Gasteiger partial charge in [-0.1, -0.05) is 0 Å². The van der Waals surface area contributed by atoms with Crippen molar-refractivity contribution < 1.29 is 0 Å². The third-order valence-electron chi connectivity index (χ3n) is 3.62. The number of fused-ring (bicyclic) bond motifs is 5. The van der Waals surface area contributed by atoms with Gasteiger partial charge in [-0.3, -0.25) is 4.79 Å². The molecule has 0 bridgehead atoms. The van der Waals surface area contributed by atoms with Gasteiger partial charge in [0.25, 0.3) is 5.56 Å². The Morgan fingerprint density at radius 2 is 2.20 bits per heavy atom. The maximum absolute atomic E-state index is 12.4. The number of halogens is 1. The first-order chi connectivity index (χ1) is 9.65. The Balaban J connectivity index is 2.09. The second kappa shape index (κ2) is 4.41. The molecular formula is C14H11ClN2OS2. The fourth-order valence-electron chi connectivity index (χ4n) is 2.70. The quantitative estimate of drug-likeness (QED) is 0.685. The molecule has 1 aliphatic carbocycles. The number of aromatic amines is 1. The first kappa shape index (κ1) is 12.6. The van der Waals surface area contributed by atoms with Gasteiger partial charge in [0.1, 0.15) is 10.7 Å². The van der Waals surface area contributed by atoms with E-state index in [-0.39, 0.29) is 10.9 Å². The van der Waals surface area contributed by atoms with Crippen LogP contribution in [0.4, 0.5) is 0 Å². The molecule has 20 heavy (non-hydrogen) atoms. The van der Waals surface area contributed by atoms with Gasteiger partial charge in [0, 0.05) is 15.3 Å². The third kappa shape index (κ3) is 1.70. The third-order valence-corrected chi connectivity index (χ3v) is 5.95. The van der Waals surface area contributed by atoms with Gasteiger partial charge in [-0.15, -0.1) is 34.3 Å². The minimum Gasteiger partial charge on any atom is -0.309 e. The number of thiophene rings is 2. The zero-order chi connectivity index (χ0) is 13.9. The number of alkyl halides is 1.